The van der Waals surface area contributed by atoms with E-state index in [-0.39, 0.29) is 5.57 Å². The maximum atomic E-state index is 13.1. The molecule has 3 aromatic carbocycles. The summed E-state index contributed by atoms with van der Waals surface area (Å²) in [5, 5.41) is 3.75. The van der Waals surface area contributed by atoms with Crippen LogP contribution in [-0.2, 0) is 9.59 Å². The van der Waals surface area contributed by atoms with Crippen molar-refractivity contribution in [2.45, 2.75) is 0 Å². The van der Waals surface area contributed by atoms with E-state index in [4.69, 9.17) is 0 Å². The maximum Gasteiger partial charge on any atom is 0.335 e. The number of rotatable bonds is 2. The second-order valence-electron chi connectivity index (χ2n) is 6.01. The normalized spacial score (nSPS) is 16.1. The van der Waals surface area contributed by atoms with Crippen molar-refractivity contribution < 1.29 is 18.8 Å². The first-order valence-electron chi connectivity index (χ1n) is 8.19. The Hall–Kier alpha value is -3.80. The number of carbonyl (C=O) groups excluding carboxylic acids is 3. The van der Waals surface area contributed by atoms with E-state index in [1.54, 1.807) is 24.3 Å². The smallest absolute Gasteiger partial charge is 0.273 e. The van der Waals surface area contributed by atoms with Gasteiger partial charge in [0.1, 0.15) is 11.4 Å². The minimum atomic E-state index is -0.808. The topological polar surface area (TPSA) is 66.5 Å². The summed E-state index contributed by atoms with van der Waals surface area (Å²) >= 11 is 0. The van der Waals surface area contributed by atoms with Crippen LogP contribution in [-0.4, -0.2) is 17.8 Å². The van der Waals surface area contributed by atoms with Gasteiger partial charge in [0.2, 0.25) is 0 Å². The van der Waals surface area contributed by atoms with E-state index >= 15 is 0 Å². The summed E-state index contributed by atoms with van der Waals surface area (Å²) in [5.74, 6) is -1.95. The number of imide groups is 2. The quantitative estimate of drug-likeness (QED) is 0.560. The Bertz CT molecular complexity index is 1110. The summed E-state index contributed by atoms with van der Waals surface area (Å²) in [7, 11) is 0. The van der Waals surface area contributed by atoms with Gasteiger partial charge < -0.3 is 0 Å². The van der Waals surface area contributed by atoms with Gasteiger partial charge in [0.15, 0.2) is 0 Å². The molecule has 3 aromatic rings. The van der Waals surface area contributed by atoms with Crippen molar-refractivity contribution in [1.82, 2.24) is 5.32 Å². The summed E-state index contributed by atoms with van der Waals surface area (Å²) in [6.45, 7) is 0. The molecular formula is C21H13FN2O3. The molecule has 1 aliphatic rings. The predicted octanol–water partition coefficient (Wildman–Crippen LogP) is 3.65. The maximum absolute atomic E-state index is 13.1. The number of fused-ring (bicyclic) bond motifs is 1. The first-order chi connectivity index (χ1) is 13.0. The van der Waals surface area contributed by atoms with Crippen LogP contribution in [0.2, 0.25) is 0 Å². The number of halogens is 1. The number of nitrogens with one attached hydrogen (secondary N) is 1. The molecule has 0 spiro atoms. The highest BCUT2D eigenvalue weighted by Crippen LogP contribution is 2.29. The van der Waals surface area contributed by atoms with Crippen LogP contribution in [0.25, 0.3) is 16.8 Å². The fraction of sp³-hybridized carbons (Fsp3) is 0. The molecule has 0 aliphatic carbocycles. The molecule has 27 heavy (non-hydrogen) atoms. The number of benzene rings is 3. The van der Waals surface area contributed by atoms with Gasteiger partial charge in [-0.25, -0.2) is 14.1 Å². The zero-order valence-electron chi connectivity index (χ0n) is 14.0. The minimum absolute atomic E-state index is 0.200. The second-order valence-corrected chi connectivity index (χ2v) is 6.01. The highest BCUT2D eigenvalue weighted by molar-refractivity contribution is 6.40. The van der Waals surface area contributed by atoms with Gasteiger partial charge in [-0.2, -0.15) is 0 Å². The van der Waals surface area contributed by atoms with Crippen LogP contribution in [0.3, 0.4) is 0 Å². The molecule has 0 unspecified atom stereocenters. The first-order valence-corrected chi connectivity index (χ1v) is 8.19. The lowest BCUT2D eigenvalue weighted by Crippen LogP contribution is -2.54. The molecule has 0 atom stereocenters. The van der Waals surface area contributed by atoms with E-state index in [1.807, 2.05) is 18.2 Å². The number of hydrogen-bond acceptors (Lipinski definition) is 3. The van der Waals surface area contributed by atoms with Crippen LogP contribution < -0.4 is 10.2 Å². The molecule has 4 rings (SSSR count). The summed E-state index contributed by atoms with van der Waals surface area (Å²) in [4.78, 5) is 38.5. The second kappa shape index (κ2) is 6.49. The third-order valence-corrected chi connectivity index (χ3v) is 4.29. The van der Waals surface area contributed by atoms with Gasteiger partial charge in [-0.15, -0.1) is 0 Å². The Balaban J connectivity index is 1.81. The highest BCUT2D eigenvalue weighted by Gasteiger charge is 2.37. The van der Waals surface area contributed by atoms with Crippen molar-refractivity contribution in [2.24, 2.45) is 0 Å². The van der Waals surface area contributed by atoms with Gasteiger partial charge in [-0.1, -0.05) is 48.5 Å². The van der Waals surface area contributed by atoms with Crippen LogP contribution in [0.15, 0.2) is 72.3 Å². The van der Waals surface area contributed by atoms with Crippen molar-refractivity contribution in [1.29, 1.82) is 0 Å². The fourth-order valence-corrected chi connectivity index (χ4v) is 3.01. The van der Waals surface area contributed by atoms with Gasteiger partial charge in [0.05, 0.1) is 5.69 Å². The predicted molar refractivity (Wildman–Crippen MR) is 99.3 cm³/mol. The molecule has 1 aliphatic heterocycles. The summed E-state index contributed by atoms with van der Waals surface area (Å²) in [6, 6.07) is 17.1. The number of nitrogens with zero attached hydrogens (tertiary/aromatic N) is 1. The average molecular weight is 360 g/mol. The number of anilines is 1. The minimum Gasteiger partial charge on any atom is -0.273 e. The van der Waals surface area contributed by atoms with Gasteiger partial charge >= 0.3 is 6.03 Å². The summed E-state index contributed by atoms with van der Waals surface area (Å²) in [5.41, 5.74) is 0.657. The zero-order chi connectivity index (χ0) is 19.0. The first kappa shape index (κ1) is 16.7. The van der Waals surface area contributed by atoms with Crippen LogP contribution in [0.5, 0.6) is 0 Å². The van der Waals surface area contributed by atoms with E-state index in [0.29, 0.717) is 16.6 Å². The number of amides is 4. The van der Waals surface area contributed by atoms with Crippen LogP contribution in [0, 0.1) is 5.82 Å². The molecule has 0 bridgehead atoms. The molecule has 132 valence electrons. The number of urea groups is 1. The molecule has 0 aromatic heterocycles. The van der Waals surface area contributed by atoms with E-state index < -0.39 is 23.7 Å². The van der Waals surface area contributed by atoms with Crippen molar-refractivity contribution in [3.8, 4) is 0 Å². The number of hydrogen-bond donors (Lipinski definition) is 1. The molecule has 0 saturated carbocycles. The molecule has 1 saturated heterocycles. The Morgan fingerprint density at radius 1 is 0.852 bits per heavy atom. The highest BCUT2D eigenvalue weighted by atomic mass is 19.1. The molecule has 0 radical (unpaired) electrons. The van der Waals surface area contributed by atoms with Gasteiger partial charge in [-0.05, 0) is 35.2 Å². The lowest BCUT2D eigenvalue weighted by Gasteiger charge is -2.27. The van der Waals surface area contributed by atoms with E-state index in [2.05, 4.69) is 5.32 Å². The SMILES string of the molecule is O=C1NC(=O)N(c2cccc3ccccc23)C(=O)/C1=C\c1ccc(F)cc1. The average Bonchev–Trinajstić information content (AvgIpc) is 2.66. The van der Waals surface area contributed by atoms with Crippen molar-refractivity contribution in [2.75, 3.05) is 4.90 Å². The van der Waals surface area contributed by atoms with Gasteiger partial charge in [-0.3, -0.25) is 14.9 Å². The Kier molecular flexibility index (Phi) is 4.01. The van der Waals surface area contributed by atoms with Crippen LogP contribution in [0.1, 0.15) is 5.56 Å². The van der Waals surface area contributed by atoms with Gasteiger partial charge in [0.25, 0.3) is 11.8 Å². The zero-order valence-corrected chi connectivity index (χ0v) is 14.0. The van der Waals surface area contributed by atoms with E-state index in [0.717, 1.165) is 10.3 Å². The third-order valence-electron chi connectivity index (χ3n) is 4.29. The standard InChI is InChI=1S/C21H13FN2O3/c22-15-10-8-13(9-11-15)12-17-19(25)23-21(27)24(20(17)26)18-7-3-5-14-4-1-2-6-16(14)18/h1-12H,(H,23,25,27)/b17-12-. The van der Waals surface area contributed by atoms with Crippen molar-refractivity contribution in [3.05, 3.63) is 83.7 Å². The number of carbonyl (C=O) groups is 3. The van der Waals surface area contributed by atoms with Crippen LogP contribution in [0.4, 0.5) is 14.9 Å². The largest absolute Gasteiger partial charge is 0.335 e. The Morgan fingerprint density at radius 2 is 1.56 bits per heavy atom. The molecule has 5 nitrogen and oxygen atoms in total. The lowest BCUT2D eigenvalue weighted by atomic mass is 10.0. The Morgan fingerprint density at radius 3 is 2.33 bits per heavy atom. The molecule has 1 fully saturated rings. The molecule has 1 heterocycles. The number of barbiturate groups is 1. The Labute approximate surface area is 153 Å². The fourth-order valence-electron chi connectivity index (χ4n) is 3.01. The van der Waals surface area contributed by atoms with E-state index in [1.165, 1.54) is 30.3 Å². The molecule has 1 N–H and O–H groups in total. The molecule has 4 amide bonds. The van der Waals surface area contributed by atoms with Gasteiger partial charge in [0, 0.05) is 5.39 Å². The molecule has 6 heteroatoms. The van der Waals surface area contributed by atoms with Crippen molar-refractivity contribution in [3.63, 3.8) is 0 Å². The monoisotopic (exact) mass is 360 g/mol. The summed E-state index contributed by atoms with van der Waals surface area (Å²) < 4.78 is 13.1. The lowest BCUT2D eigenvalue weighted by molar-refractivity contribution is -0.122. The van der Waals surface area contributed by atoms with Crippen molar-refractivity contribution >= 4 is 40.4 Å². The van der Waals surface area contributed by atoms with Crippen LogP contribution >= 0.6 is 0 Å². The molecular weight excluding hydrogens is 347 g/mol. The van der Waals surface area contributed by atoms with E-state index in [9.17, 15) is 18.8 Å². The summed E-state index contributed by atoms with van der Waals surface area (Å²) in [6.07, 6.45) is 1.33. The third kappa shape index (κ3) is 2.97.